The van der Waals surface area contributed by atoms with Gasteiger partial charge in [-0.15, -0.1) is 0 Å². The molecule has 6 heteroatoms. The number of ether oxygens (including phenoxy) is 1. The van der Waals surface area contributed by atoms with Crippen LogP contribution < -0.4 is 4.74 Å². The number of hydrogen-bond donors (Lipinski definition) is 1. The lowest BCUT2D eigenvalue weighted by molar-refractivity contribution is 0.205. The molecule has 1 N–H and O–H groups in total. The third kappa shape index (κ3) is 3.48. The molecule has 90 valence electrons. The summed E-state index contributed by atoms with van der Waals surface area (Å²) in [6.07, 6.45) is 0. The Kier molecular flexibility index (Phi) is 4.72. The molecule has 0 bridgehead atoms. The van der Waals surface area contributed by atoms with Crippen LogP contribution in [0.25, 0.3) is 0 Å². The van der Waals surface area contributed by atoms with Gasteiger partial charge in [-0.3, -0.25) is 4.18 Å². The van der Waals surface area contributed by atoms with Crippen molar-refractivity contribution >= 4 is 10.1 Å². The van der Waals surface area contributed by atoms with Gasteiger partial charge in [0.1, 0.15) is 5.75 Å². The molecule has 0 amide bonds. The SMILES string of the molecule is CCOc1ccc(S(=O)(=O)OCCO)cc1. The van der Waals surface area contributed by atoms with Crippen LogP contribution in [-0.2, 0) is 14.3 Å². The summed E-state index contributed by atoms with van der Waals surface area (Å²) >= 11 is 0. The maximum absolute atomic E-state index is 11.5. The van der Waals surface area contributed by atoms with Crippen molar-refractivity contribution in [1.29, 1.82) is 0 Å². The van der Waals surface area contributed by atoms with E-state index >= 15 is 0 Å². The Balaban J connectivity index is 2.80. The van der Waals surface area contributed by atoms with Crippen LogP contribution >= 0.6 is 0 Å². The summed E-state index contributed by atoms with van der Waals surface area (Å²) in [4.78, 5) is 0.0457. The quantitative estimate of drug-likeness (QED) is 0.751. The molecule has 0 unspecified atom stereocenters. The molecule has 0 aliphatic heterocycles. The zero-order valence-corrected chi connectivity index (χ0v) is 9.74. The van der Waals surface area contributed by atoms with Crippen molar-refractivity contribution in [3.05, 3.63) is 24.3 Å². The van der Waals surface area contributed by atoms with Gasteiger partial charge in [-0.2, -0.15) is 8.42 Å². The molecule has 0 heterocycles. The summed E-state index contributed by atoms with van der Waals surface area (Å²) in [5, 5.41) is 8.48. The summed E-state index contributed by atoms with van der Waals surface area (Å²) < 4.78 is 32.7. The van der Waals surface area contributed by atoms with Gasteiger partial charge < -0.3 is 9.84 Å². The average Bonchev–Trinajstić information content (AvgIpc) is 2.28. The molecular weight excluding hydrogens is 232 g/mol. The standard InChI is InChI=1S/C10H14O5S/c1-2-14-9-3-5-10(6-4-9)16(12,13)15-8-7-11/h3-6,11H,2,7-8H2,1H3. The minimum absolute atomic E-state index is 0.0457. The summed E-state index contributed by atoms with van der Waals surface area (Å²) in [5.41, 5.74) is 0. The maximum Gasteiger partial charge on any atom is 0.297 e. The van der Waals surface area contributed by atoms with Crippen molar-refractivity contribution in [2.75, 3.05) is 19.8 Å². The highest BCUT2D eigenvalue weighted by Crippen LogP contribution is 2.17. The van der Waals surface area contributed by atoms with E-state index in [0.29, 0.717) is 12.4 Å². The third-order valence-corrected chi connectivity index (χ3v) is 3.08. The lowest BCUT2D eigenvalue weighted by Gasteiger charge is -2.06. The van der Waals surface area contributed by atoms with Crippen molar-refractivity contribution in [2.45, 2.75) is 11.8 Å². The molecule has 0 aliphatic carbocycles. The Bertz CT molecular complexity index is 409. The summed E-state index contributed by atoms with van der Waals surface area (Å²) in [6.45, 7) is 1.79. The minimum atomic E-state index is -3.77. The topological polar surface area (TPSA) is 72.8 Å². The molecule has 1 rings (SSSR count). The number of aliphatic hydroxyl groups is 1. The fraction of sp³-hybridized carbons (Fsp3) is 0.400. The second kappa shape index (κ2) is 5.83. The largest absolute Gasteiger partial charge is 0.494 e. The molecule has 0 radical (unpaired) electrons. The zero-order valence-electron chi connectivity index (χ0n) is 8.92. The van der Waals surface area contributed by atoms with Gasteiger partial charge in [0.05, 0.1) is 24.7 Å². The Hall–Kier alpha value is -1.11. The van der Waals surface area contributed by atoms with Crippen molar-refractivity contribution < 1.29 is 22.4 Å². The Morgan fingerprint density at radius 1 is 1.25 bits per heavy atom. The number of hydrogen-bond acceptors (Lipinski definition) is 5. The Morgan fingerprint density at radius 3 is 2.38 bits per heavy atom. The second-order valence-corrected chi connectivity index (χ2v) is 4.52. The van der Waals surface area contributed by atoms with Gasteiger partial charge in [0.25, 0.3) is 10.1 Å². The van der Waals surface area contributed by atoms with Crippen molar-refractivity contribution in [1.82, 2.24) is 0 Å². The van der Waals surface area contributed by atoms with Gasteiger partial charge in [0.15, 0.2) is 0 Å². The Labute approximate surface area is 94.7 Å². The molecule has 0 saturated heterocycles. The van der Waals surface area contributed by atoms with E-state index in [1.807, 2.05) is 6.92 Å². The second-order valence-electron chi connectivity index (χ2n) is 2.90. The normalized spacial score (nSPS) is 11.4. The van der Waals surface area contributed by atoms with Gasteiger partial charge in [-0.05, 0) is 31.2 Å². The van der Waals surface area contributed by atoms with Crippen LogP contribution in [0.3, 0.4) is 0 Å². The first-order chi connectivity index (χ1) is 7.60. The van der Waals surface area contributed by atoms with Crippen molar-refractivity contribution in [3.8, 4) is 5.75 Å². The predicted octanol–water partition coefficient (Wildman–Crippen LogP) is 0.783. The third-order valence-electron chi connectivity index (χ3n) is 1.75. The maximum atomic E-state index is 11.5. The van der Waals surface area contributed by atoms with E-state index in [-0.39, 0.29) is 18.1 Å². The van der Waals surface area contributed by atoms with Crippen LogP contribution in [0.2, 0.25) is 0 Å². The van der Waals surface area contributed by atoms with Crippen LogP contribution in [0.15, 0.2) is 29.2 Å². The first-order valence-corrected chi connectivity index (χ1v) is 6.24. The van der Waals surface area contributed by atoms with Crippen molar-refractivity contribution in [3.63, 3.8) is 0 Å². The first-order valence-electron chi connectivity index (χ1n) is 4.83. The lowest BCUT2D eigenvalue weighted by Crippen LogP contribution is -2.09. The van der Waals surface area contributed by atoms with E-state index in [9.17, 15) is 8.42 Å². The van der Waals surface area contributed by atoms with E-state index in [1.165, 1.54) is 12.1 Å². The van der Waals surface area contributed by atoms with Crippen molar-refractivity contribution in [2.24, 2.45) is 0 Å². The van der Waals surface area contributed by atoms with E-state index in [0.717, 1.165) is 0 Å². The van der Waals surface area contributed by atoms with Crippen LogP contribution in [0.4, 0.5) is 0 Å². The molecule has 0 aromatic heterocycles. The highest BCUT2D eigenvalue weighted by Gasteiger charge is 2.14. The Morgan fingerprint density at radius 2 is 1.88 bits per heavy atom. The highest BCUT2D eigenvalue weighted by atomic mass is 32.2. The summed E-state index contributed by atoms with van der Waals surface area (Å²) in [7, 11) is -3.77. The monoisotopic (exact) mass is 246 g/mol. The number of benzene rings is 1. The predicted molar refractivity (Wildman–Crippen MR) is 57.8 cm³/mol. The molecule has 0 spiro atoms. The molecule has 0 saturated carbocycles. The van der Waals surface area contributed by atoms with Gasteiger partial charge in [-0.25, -0.2) is 0 Å². The van der Waals surface area contributed by atoms with Crippen LogP contribution in [-0.4, -0.2) is 33.3 Å². The van der Waals surface area contributed by atoms with Crippen LogP contribution in [0.1, 0.15) is 6.92 Å². The van der Waals surface area contributed by atoms with Gasteiger partial charge in [-0.1, -0.05) is 0 Å². The average molecular weight is 246 g/mol. The minimum Gasteiger partial charge on any atom is -0.494 e. The molecule has 1 aromatic rings. The number of rotatable bonds is 6. The van der Waals surface area contributed by atoms with Crippen LogP contribution in [0.5, 0.6) is 5.75 Å². The lowest BCUT2D eigenvalue weighted by atomic mass is 10.3. The summed E-state index contributed by atoms with van der Waals surface area (Å²) in [6, 6.07) is 5.91. The molecule has 0 fully saturated rings. The first kappa shape index (κ1) is 13.0. The van der Waals surface area contributed by atoms with E-state index in [1.54, 1.807) is 12.1 Å². The molecular formula is C10H14O5S. The number of aliphatic hydroxyl groups excluding tert-OH is 1. The van der Waals surface area contributed by atoms with E-state index < -0.39 is 10.1 Å². The smallest absolute Gasteiger partial charge is 0.297 e. The van der Waals surface area contributed by atoms with Gasteiger partial charge >= 0.3 is 0 Å². The van der Waals surface area contributed by atoms with E-state index in [4.69, 9.17) is 9.84 Å². The van der Waals surface area contributed by atoms with Crippen LogP contribution in [0, 0.1) is 0 Å². The fourth-order valence-corrected chi connectivity index (χ4v) is 1.98. The molecule has 5 nitrogen and oxygen atoms in total. The van der Waals surface area contributed by atoms with Gasteiger partial charge in [0.2, 0.25) is 0 Å². The highest BCUT2D eigenvalue weighted by molar-refractivity contribution is 7.86. The summed E-state index contributed by atoms with van der Waals surface area (Å²) in [5.74, 6) is 0.601. The molecule has 0 aliphatic rings. The van der Waals surface area contributed by atoms with Gasteiger partial charge in [0, 0.05) is 0 Å². The molecule has 1 aromatic carbocycles. The zero-order chi connectivity index (χ0) is 12.0. The molecule has 16 heavy (non-hydrogen) atoms. The fourth-order valence-electron chi connectivity index (χ4n) is 1.08. The molecule has 0 atom stereocenters. The van der Waals surface area contributed by atoms with E-state index in [2.05, 4.69) is 4.18 Å².